The number of hydrogen-bond donors (Lipinski definition) is 3. The minimum absolute atomic E-state index is 0.523. The summed E-state index contributed by atoms with van der Waals surface area (Å²) >= 11 is 0. The summed E-state index contributed by atoms with van der Waals surface area (Å²) in [6, 6.07) is 0. The highest BCUT2D eigenvalue weighted by molar-refractivity contribution is 4.81. The summed E-state index contributed by atoms with van der Waals surface area (Å²) in [7, 11) is 0. The molecule has 0 fully saturated rings. The fourth-order valence-corrected chi connectivity index (χ4v) is 2.75. The molecule has 0 atom stereocenters. The summed E-state index contributed by atoms with van der Waals surface area (Å²) in [6.07, 6.45) is 20.6. The van der Waals surface area contributed by atoms with Gasteiger partial charge in [0, 0.05) is 0 Å². The maximum atomic E-state index is 8.73. The number of aliphatic hydroxyl groups is 2. The van der Waals surface area contributed by atoms with Crippen LogP contribution < -0.4 is 5.32 Å². The van der Waals surface area contributed by atoms with Crippen LogP contribution in [0.1, 0.15) is 96.8 Å². The van der Waals surface area contributed by atoms with Crippen LogP contribution in [0.5, 0.6) is 0 Å². The van der Waals surface area contributed by atoms with Crippen LogP contribution in [-0.4, -0.2) is 29.6 Å². The van der Waals surface area contributed by atoms with Crippen molar-refractivity contribution >= 4 is 0 Å². The van der Waals surface area contributed by atoms with Gasteiger partial charge in [-0.2, -0.15) is 0 Å². The van der Waals surface area contributed by atoms with E-state index in [1.54, 1.807) is 0 Å². The van der Waals surface area contributed by atoms with Crippen molar-refractivity contribution in [3.8, 4) is 0 Å². The van der Waals surface area contributed by atoms with Gasteiger partial charge in [0.15, 0.2) is 6.29 Å². The van der Waals surface area contributed by atoms with E-state index in [1.165, 1.54) is 77.2 Å². The average Bonchev–Trinajstić information content (AvgIpc) is 2.53. The third-order valence-corrected chi connectivity index (χ3v) is 4.22. The Bertz CT molecular complexity index is 242. The van der Waals surface area contributed by atoms with Crippen LogP contribution in [0.15, 0.2) is 12.2 Å². The summed E-state index contributed by atoms with van der Waals surface area (Å²) in [5.41, 5.74) is 0. The van der Waals surface area contributed by atoms with E-state index in [9.17, 15) is 0 Å². The van der Waals surface area contributed by atoms with E-state index < -0.39 is 6.29 Å². The van der Waals surface area contributed by atoms with Gasteiger partial charge in [-0.1, -0.05) is 64.0 Å². The Morgan fingerprint density at radius 3 is 1.70 bits per heavy atom. The fraction of sp³-hybridized carbons (Fsp3) is 0.900. The van der Waals surface area contributed by atoms with Crippen molar-refractivity contribution in [2.45, 2.75) is 103 Å². The number of hydrogen-bond acceptors (Lipinski definition) is 3. The average molecular weight is 328 g/mol. The van der Waals surface area contributed by atoms with Gasteiger partial charge in [-0.05, 0) is 58.0 Å². The normalized spacial score (nSPS) is 11.8. The van der Waals surface area contributed by atoms with Crippen molar-refractivity contribution < 1.29 is 10.2 Å². The van der Waals surface area contributed by atoms with Crippen molar-refractivity contribution in [3.63, 3.8) is 0 Å². The number of unbranched alkanes of at least 4 members (excludes halogenated alkanes) is 11. The van der Waals surface area contributed by atoms with Crippen LogP contribution in [0.3, 0.4) is 0 Å². The van der Waals surface area contributed by atoms with E-state index in [0.717, 1.165) is 19.4 Å². The molecular weight excluding hydrogens is 286 g/mol. The van der Waals surface area contributed by atoms with Crippen molar-refractivity contribution in [3.05, 3.63) is 12.2 Å². The molecule has 0 aliphatic rings. The molecule has 0 rings (SSSR count). The van der Waals surface area contributed by atoms with Gasteiger partial charge in [0.1, 0.15) is 0 Å². The van der Waals surface area contributed by atoms with Crippen LogP contribution in [0.4, 0.5) is 0 Å². The van der Waals surface area contributed by atoms with Gasteiger partial charge in [-0.3, -0.25) is 0 Å². The van der Waals surface area contributed by atoms with Crippen LogP contribution in [-0.2, 0) is 0 Å². The lowest BCUT2D eigenvalue weighted by Gasteiger charge is -2.02. The van der Waals surface area contributed by atoms with Gasteiger partial charge < -0.3 is 15.5 Å². The molecule has 0 saturated heterocycles. The lowest BCUT2D eigenvalue weighted by molar-refractivity contribution is -0.0466. The molecule has 0 amide bonds. The highest BCUT2D eigenvalue weighted by Crippen LogP contribution is 2.10. The Balaban J connectivity index is 3.06. The van der Waals surface area contributed by atoms with Gasteiger partial charge >= 0.3 is 0 Å². The molecule has 3 heteroatoms. The van der Waals surface area contributed by atoms with E-state index in [1.807, 2.05) is 0 Å². The Kier molecular flexibility index (Phi) is 19.3. The summed E-state index contributed by atoms with van der Waals surface area (Å²) in [4.78, 5) is 0. The second-order valence-corrected chi connectivity index (χ2v) is 6.56. The monoisotopic (exact) mass is 327 g/mol. The third-order valence-electron chi connectivity index (χ3n) is 4.22. The maximum Gasteiger partial charge on any atom is 0.151 e. The Morgan fingerprint density at radius 1 is 0.696 bits per heavy atom. The fourth-order valence-electron chi connectivity index (χ4n) is 2.75. The van der Waals surface area contributed by atoms with Crippen molar-refractivity contribution in [2.24, 2.45) is 0 Å². The molecule has 23 heavy (non-hydrogen) atoms. The van der Waals surface area contributed by atoms with Gasteiger partial charge in [-0.15, -0.1) is 0 Å². The standard InChI is InChI=1S/C20H41NO2/c1-2-21-19-17-15-13-11-9-7-5-3-4-6-8-10-12-14-16-18-20(22)23/h3-4,20-23H,2,5-19H2,1H3/b4-3-. The molecule has 3 N–H and O–H groups in total. The zero-order valence-corrected chi connectivity index (χ0v) is 15.4. The van der Waals surface area contributed by atoms with Gasteiger partial charge in [-0.25, -0.2) is 0 Å². The first kappa shape index (κ1) is 22.6. The topological polar surface area (TPSA) is 52.5 Å². The van der Waals surface area contributed by atoms with E-state index in [-0.39, 0.29) is 0 Å². The molecule has 0 aromatic carbocycles. The first-order chi connectivity index (χ1) is 11.3. The van der Waals surface area contributed by atoms with Crippen LogP contribution in [0, 0.1) is 0 Å². The molecule has 3 nitrogen and oxygen atoms in total. The molecule has 0 bridgehead atoms. The first-order valence-electron chi connectivity index (χ1n) is 9.99. The first-order valence-corrected chi connectivity index (χ1v) is 9.99. The van der Waals surface area contributed by atoms with Crippen LogP contribution in [0.25, 0.3) is 0 Å². The Morgan fingerprint density at radius 2 is 1.17 bits per heavy atom. The summed E-state index contributed by atoms with van der Waals surface area (Å²) < 4.78 is 0. The quantitative estimate of drug-likeness (QED) is 0.190. The second-order valence-electron chi connectivity index (χ2n) is 6.56. The van der Waals surface area contributed by atoms with E-state index in [4.69, 9.17) is 10.2 Å². The number of aliphatic hydroxyl groups excluding tert-OH is 1. The van der Waals surface area contributed by atoms with Gasteiger partial charge in [0.2, 0.25) is 0 Å². The molecule has 0 heterocycles. The van der Waals surface area contributed by atoms with E-state index >= 15 is 0 Å². The van der Waals surface area contributed by atoms with Crippen LogP contribution >= 0.6 is 0 Å². The molecule has 0 aliphatic heterocycles. The SMILES string of the molecule is CCNCCCCCCCC/C=C\CCCCCCCC(O)O. The summed E-state index contributed by atoms with van der Waals surface area (Å²) in [5.74, 6) is 0. The van der Waals surface area contributed by atoms with E-state index in [0.29, 0.717) is 6.42 Å². The summed E-state index contributed by atoms with van der Waals surface area (Å²) in [6.45, 7) is 4.45. The maximum absolute atomic E-state index is 8.73. The zero-order valence-electron chi connectivity index (χ0n) is 15.4. The predicted molar refractivity (Wildman–Crippen MR) is 101 cm³/mol. The third kappa shape index (κ3) is 21.6. The largest absolute Gasteiger partial charge is 0.368 e. The lowest BCUT2D eigenvalue weighted by Crippen LogP contribution is -2.13. The molecular formula is C20H41NO2. The Labute approximate surface area is 144 Å². The number of allylic oxidation sites excluding steroid dienone is 2. The summed E-state index contributed by atoms with van der Waals surface area (Å²) in [5, 5.41) is 20.8. The van der Waals surface area contributed by atoms with E-state index in [2.05, 4.69) is 24.4 Å². The molecule has 0 spiro atoms. The Hall–Kier alpha value is -0.380. The molecule has 138 valence electrons. The predicted octanol–water partition coefficient (Wildman–Crippen LogP) is 4.92. The minimum Gasteiger partial charge on any atom is -0.368 e. The number of nitrogens with one attached hydrogen (secondary N) is 1. The molecule has 0 aromatic rings. The highest BCUT2D eigenvalue weighted by Gasteiger charge is 1.96. The second kappa shape index (κ2) is 19.7. The van der Waals surface area contributed by atoms with Crippen LogP contribution in [0.2, 0.25) is 0 Å². The molecule has 0 unspecified atom stereocenters. The molecule has 0 saturated carbocycles. The lowest BCUT2D eigenvalue weighted by atomic mass is 10.1. The molecule has 0 aliphatic carbocycles. The number of rotatable bonds is 18. The van der Waals surface area contributed by atoms with Crippen molar-refractivity contribution in [1.82, 2.24) is 5.32 Å². The molecule has 0 aromatic heterocycles. The van der Waals surface area contributed by atoms with Gasteiger partial charge in [0.25, 0.3) is 0 Å². The molecule has 0 radical (unpaired) electrons. The van der Waals surface area contributed by atoms with Gasteiger partial charge in [0.05, 0.1) is 0 Å². The van der Waals surface area contributed by atoms with Crippen molar-refractivity contribution in [2.75, 3.05) is 13.1 Å². The van der Waals surface area contributed by atoms with Crippen molar-refractivity contribution in [1.29, 1.82) is 0 Å². The smallest absolute Gasteiger partial charge is 0.151 e. The minimum atomic E-state index is -1.11. The highest BCUT2D eigenvalue weighted by atomic mass is 16.5. The zero-order chi connectivity index (χ0) is 17.0.